The fourth-order valence-corrected chi connectivity index (χ4v) is 2.49. The van der Waals surface area contributed by atoms with Gasteiger partial charge in [-0.15, -0.1) is 0 Å². The Morgan fingerprint density at radius 3 is 2.61 bits per heavy atom. The van der Waals surface area contributed by atoms with Crippen molar-refractivity contribution < 1.29 is 14.7 Å². The highest BCUT2D eigenvalue weighted by Crippen LogP contribution is 2.22. The summed E-state index contributed by atoms with van der Waals surface area (Å²) in [5.41, 5.74) is 6.00. The van der Waals surface area contributed by atoms with E-state index in [1.807, 2.05) is 6.92 Å². The summed E-state index contributed by atoms with van der Waals surface area (Å²) in [6, 6.07) is -0.915. The van der Waals surface area contributed by atoms with Crippen molar-refractivity contribution in [3.05, 3.63) is 0 Å². The van der Waals surface area contributed by atoms with Crippen LogP contribution >= 0.6 is 0 Å². The van der Waals surface area contributed by atoms with Gasteiger partial charge in [-0.1, -0.05) is 32.6 Å². The molecule has 0 heterocycles. The molecule has 18 heavy (non-hydrogen) atoms. The van der Waals surface area contributed by atoms with Crippen LogP contribution in [0.4, 0.5) is 0 Å². The smallest absolute Gasteiger partial charge is 0.326 e. The van der Waals surface area contributed by atoms with Gasteiger partial charge in [-0.25, -0.2) is 4.79 Å². The standard InChI is InChI=1S/C13H24N2O3/c1-2-6-11(13(17)18)15-12(16)9-7-4-3-5-8-10(9)14/h9-11H,2-8,14H2,1H3,(H,15,16)(H,17,18). The van der Waals surface area contributed by atoms with Crippen molar-refractivity contribution in [1.29, 1.82) is 0 Å². The van der Waals surface area contributed by atoms with Crippen LogP contribution in [-0.2, 0) is 9.59 Å². The Kier molecular flexibility index (Phi) is 6.12. The fourth-order valence-electron chi connectivity index (χ4n) is 2.49. The molecule has 104 valence electrons. The second kappa shape index (κ2) is 7.36. The SMILES string of the molecule is CCCC(NC(=O)C1CCCCCC1N)C(=O)O. The molecule has 1 aliphatic rings. The zero-order valence-corrected chi connectivity index (χ0v) is 11.0. The van der Waals surface area contributed by atoms with Crippen LogP contribution in [0.3, 0.4) is 0 Å². The molecule has 1 saturated carbocycles. The second-order valence-corrected chi connectivity index (χ2v) is 5.10. The number of hydrogen-bond donors (Lipinski definition) is 3. The number of nitrogens with two attached hydrogens (primary N) is 1. The van der Waals surface area contributed by atoms with Crippen LogP contribution in [0.15, 0.2) is 0 Å². The van der Waals surface area contributed by atoms with Crippen LogP contribution in [0.5, 0.6) is 0 Å². The zero-order chi connectivity index (χ0) is 13.5. The fraction of sp³-hybridized carbons (Fsp3) is 0.846. The number of amides is 1. The van der Waals surface area contributed by atoms with Gasteiger partial charge in [0.05, 0.1) is 5.92 Å². The van der Waals surface area contributed by atoms with E-state index in [9.17, 15) is 9.59 Å². The average Bonchev–Trinajstić information content (AvgIpc) is 2.53. The zero-order valence-electron chi connectivity index (χ0n) is 11.0. The highest BCUT2D eigenvalue weighted by Gasteiger charge is 2.29. The van der Waals surface area contributed by atoms with E-state index in [1.54, 1.807) is 0 Å². The number of nitrogens with one attached hydrogen (secondary N) is 1. The van der Waals surface area contributed by atoms with Gasteiger partial charge in [0, 0.05) is 6.04 Å². The van der Waals surface area contributed by atoms with Crippen molar-refractivity contribution in [3.63, 3.8) is 0 Å². The van der Waals surface area contributed by atoms with Crippen LogP contribution in [0.1, 0.15) is 51.9 Å². The van der Waals surface area contributed by atoms with Crippen LogP contribution in [0, 0.1) is 5.92 Å². The number of carboxylic acid groups (broad SMARTS) is 1. The van der Waals surface area contributed by atoms with E-state index in [4.69, 9.17) is 10.8 Å². The van der Waals surface area contributed by atoms with E-state index in [-0.39, 0.29) is 17.9 Å². The van der Waals surface area contributed by atoms with Crippen LogP contribution < -0.4 is 11.1 Å². The molecule has 0 bridgehead atoms. The van der Waals surface area contributed by atoms with Gasteiger partial charge in [0.15, 0.2) is 0 Å². The van der Waals surface area contributed by atoms with Gasteiger partial charge < -0.3 is 16.2 Å². The Morgan fingerprint density at radius 2 is 2.00 bits per heavy atom. The van der Waals surface area contributed by atoms with Crippen molar-refractivity contribution in [2.45, 2.75) is 64.0 Å². The van der Waals surface area contributed by atoms with Crippen molar-refractivity contribution in [2.75, 3.05) is 0 Å². The van der Waals surface area contributed by atoms with Gasteiger partial charge in [0.2, 0.25) is 5.91 Å². The summed E-state index contributed by atoms with van der Waals surface area (Å²) in [6.45, 7) is 1.90. The van der Waals surface area contributed by atoms with E-state index >= 15 is 0 Å². The summed E-state index contributed by atoms with van der Waals surface area (Å²) in [5, 5.41) is 11.7. The number of carbonyl (C=O) groups excluding carboxylic acids is 1. The van der Waals surface area contributed by atoms with Crippen LogP contribution in [-0.4, -0.2) is 29.1 Å². The molecule has 0 saturated heterocycles. The maximum Gasteiger partial charge on any atom is 0.326 e. The first-order chi connectivity index (χ1) is 8.56. The topological polar surface area (TPSA) is 92.4 Å². The van der Waals surface area contributed by atoms with Crippen LogP contribution in [0.2, 0.25) is 0 Å². The summed E-state index contributed by atoms with van der Waals surface area (Å²) in [4.78, 5) is 23.1. The molecule has 4 N–H and O–H groups in total. The van der Waals surface area contributed by atoms with Gasteiger partial charge in [0.25, 0.3) is 0 Å². The molecule has 3 unspecified atom stereocenters. The van der Waals surface area contributed by atoms with Crippen molar-refractivity contribution >= 4 is 11.9 Å². The first-order valence-corrected chi connectivity index (χ1v) is 6.85. The lowest BCUT2D eigenvalue weighted by atomic mass is 9.94. The molecule has 1 amide bonds. The third-order valence-corrected chi connectivity index (χ3v) is 3.60. The molecule has 0 radical (unpaired) electrons. The predicted octanol–water partition coefficient (Wildman–Crippen LogP) is 1.26. The minimum Gasteiger partial charge on any atom is -0.480 e. The molecule has 1 rings (SSSR count). The molecule has 3 atom stereocenters. The van der Waals surface area contributed by atoms with Gasteiger partial charge in [-0.2, -0.15) is 0 Å². The maximum atomic E-state index is 12.1. The lowest BCUT2D eigenvalue weighted by Crippen LogP contribution is -2.47. The Hall–Kier alpha value is -1.10. The monoisotopic (exact) mass is 256 g/mol. The highest BCUT2D eigenvalue weighted by molar-refractivity contribution is 5.85. The van der Waals surface area contributed by atoms with E-state index in [0.717, 1.165) is 38.5 Å². The molecule has 5 nitrogen and oxygen atoms in total. The molecule has 0 aromatic carbocycles. The number of carbonyl (C=O) groups is 2. The average molecular weight is 256 g/mol. The number of hydrogen-bond acceptors (Lipinski definition) is 3. The van der Waals surface area contributed by atoms with E-state index in [2.05, 4.69) is 5.32 Å². The van der Waals surface area contributed by atoms with Gasteiger partial charge in [-0.3, -0.25) is 4.79 Å². The van der Waals surface area contributed by atoms with Gasteiger partial charge in [0.1, 0.15) is 6.04 Å². The third-order valence-electron chi connectivity index (χ3n) is 3.60. The number of rotatable bonds is 5. The van der Waals surface area contributed by atoms with E-state index in [1.165, 1.54) is 0 Å². The molecule has 0 aliphatic heterocycles. The Bertz CT molecular complexity index is 294. The van der Waals surface area contributed by atoms with Crippen molar-refractivity contribution in [3.8, 4) is 0 Å². The molecule has 0 aromatic heterocycles. The quantitative estimate of drug-likeness (QED) is 0.646. The first-order valence-electron chi connectivity index (χ1n) is 6.85. The van der Waals surface area contributed by atoms with Gasteiger partial charge in [-0.05, 0) is 19.3 Å². The second-order valence-electron chi connectivity index (χ2n) is 5.10. The van der Waals surface area contributed by atoms with Crippen molar-refractivity contribution in [1.82, 2.24) is 5.32 Å². The van der Waals surface area contributed by atoms with E-state index in [0.29, 0.717) is 6.42 Å². The van der Waals surface area contributed by atoms with E-state index < -0.39 is 12.0 Å². The molecular weight excluding hydrogens is 232 g/mol. The minimum atomic E-state index is -0.965. The molecule has 1 fully saturated rings. The Balaban J connectivity index is 2.58. The summed E-state index contributed by atoms with van der Waals surface area (Å²) in [7, 11) is 0. The molecule has 0 aromatic rings. The predicted molar refractivity (Wildman–Crippen MR) is 69.0 cm³/mol. The maximum absolute atomic E-state index is 12.1. The summed E-state index contributed by atoms with van der Waals surface area (Å²) < 4.78 is 0. The summed E-state index contributed by atoms with van der Waals surface area (Å²) in [6.07, 6.45) is 5.97. The minimum absolute atomic E-state index is 0.136. The largest absolute Gasteiger partial charge is 0.480 e. The molecular formula is C13H24N2O3. The lowest BCUT2D eigenvalue weighted by molar-refractivity contribution is -0.142. The summed E-state index contributed by atoms with van der Waals surface area (Å²) in [5.74, 6) is -1.39. The Morgan fingerprint density at radius 1 is 1.33 bits per heavy atom. The Labute approximate surface area is 108 Å². The third kappa shape index (κ3) is 4.29. The first kappa shape index (κ1) is 15.0. The van der Waals surface area contributed by atoms with Crippen LogP contribution in [0.25, 0.3) is 0 Å². The van der Waals surface area contributed by atoms with Crippen molar-refractivity contribution in [2.24, 2.45) is 11.7 Å². The lowest BCUT2D eigenvalue weighted by Gasteiger charge is -2.23. The molecule has 1 aliphatic carbocycles. The molecule has 0 spiro atoms. The normalized spacial score (nSPS) is 26.1. The molecule has 5 heteroatoms. The summed E-state index contributed by atoms with van der Waals surface area (Å²) >= 11 is 0. The number of aliphatic carboxylic acids is 1. The highest BCUT2D eigenvalue weighted by atomic mass is 16.4. The number of carboxylic acids is 1. The van der Waals surface area contributed by atoms with Gasteiger partial charge >= 0.3 is 5.97 Å².